The Morgan fingerprint density at radius 2 is 0.672 bits per heavy atom. The third-order valence-electron chi connectivity index (χ3n) is 16.8. The van der Waals surface area contributed by atoms with Crippen molar-refractivity contribution >= 4 is 196 Å². The number of nitro groups is 3. The molecule has 0 spiro atoms. The number of urea groups is 1. The van der Waals surface area contributed by atoms with Gasteiger partial charge in [0.25, 0.3) is 45.9 Å². The van der Waals surface area contributed by atoms with Crippen LogP contribution in [0.1, 0.15) is 73.3 Å². The Morgan fingerprint density at radius 3 is 0.971 bits per heavy atom. The number of hydrogen-bond donors (Lipinski definition) is 13. The number of nitro benzene ring substituents is 3. The number of amides is 7. The summed E-state index contributed by atoms with van der Waals surface area (Å²) in [5.74, 6) is -1.26. The minimum absolute atomic E-state index is 0.0422. The van der Waals surface area contributed by atoms with E-state index in [-0.39, 0.29) is 57.8 Å². The SMILES string of the molecule is NCc1cn[nH]c1.Nc1ccc(C(=O)Nc2cccc(Cl)c2)cc1.Nc1cccc(Cl)c1.O=C(Cl)Oc1ccccc1.O=C(Cl)c1ccc([N+](=O)[O-])cc1.O=C(NCc1cn[nH]c1)Nc1ccc(C(=O)Nc2cccc(Cl)c2)cc1.O=C(Nc1ccc(C(=O)Nc2cccc(Cl)c2)cc1)Oc1ccccc1.O=C(Nc1cccc(Cl)c1)c1ccc([N+](=O)[O-])cc1.O=C(O)c1ccc([N+](=O)[O-])cc1. The number of anilines is 8. The second-order valence-electron chi connectivity index (χ2n) is 26.9. The maximum absolute atomic E-state index is 12.2. The van der Waals surface area contributed by atoms with Gasteiger partial charge in [0.2, 0.25) is 0 Å². The molecule has 137 heavy (non-hydrogen) atoms. The van der Waals surface area contributed by atoms with Crippen LogP contribution in [0.3, 0.4) is 0 Å². The number of nitrogen functional groups attached to an aromatic ring is 2. The van der Waals surface area contributed by atoms with Gasteiger partial charge in [-0.05, 0) is 236 Å². The zero-order valence-corrected chi connectivity index (χ0v) is 76.2. The average molecular weight is 1990 g/mol. The summed E-state index contributed by atoms with van der Waals surface area (Å²) < 4.78 is 9.69. The molecule has 15 rings (SSSR count). The van der Waals surface area contributed by atoms with Crippen molar-refractivity contribution in [2.45, 2.75) is 13.1 Å². The first-order valence-corrected chi connectivity index (χ1v) is 42.0. The topological polar surface area (TPSA) is 541 Å². The van der Waals surface area contributed by atoms with Crippen LogP contribution < -0.4 is 63.9 Å². The smallest absolute Gasteiger partial charge is 0.417 e. The second kappa shape index (κ2) is 57.4. The molecule has 0 aliphatic rings. The number of aromatic amines is 2. The molecule has 16 N–H and O–H groups in total. The quantitative estimate of drug-likeness (QED) is 0.0146. The van der Waals surface area contributed by atoms with Crippen LogP contribution in [0.25, 0.3) is 0 Å². The number of aromatic nitrogens is 4. The molecule has 2 aromatic heterocycles. The van der Waals surface area contributed by atoms with Gasteiger partial charge in [0.1, 0.15) is 11.5 Å². The number of H-pyrrole nitrogens is 2. The van der Waals surface area contributed by atoms with Crippen molar-refractivity contribution in [3.05, 3.63) is 452 Å². The summed E-state index contributed by atoms with van der Waals surface area (Å²) in [5, 5.41) is 73.3. The predicted molar refractivity (Wildman–Crippen MR) is 529 cm³/mol. The molecule has 35 nitrogen and oxygen atoms in total. The van der Waals surface area contributed by atoms with Crippen LogP contribution in [-0.4, -0.2) is 92.7 Å². The van der Waals surface area contributed by atoms with E-state index in [1.807, 2.05) is 18.2 Å². The Morgan fingerprint density at radius 1 is 0.350 bits per heavy atom. The fraction of sp³-hybridized carbons (Fsp3) is 0.0211. The van der Waals surface area contributed by atoms with E-state index in [0.29, 0.717) is 117 Å². The van der Waals surface area contributed by atoms with Gasteiger partial charge in [-0.2, -0.15) is 10.2 Å². The van der Waals surface area contributed by atoms with Gasteiger partial charge in [-0.1, -0.05) is 125 Å². The molecule has 0 saturated heterocycles. The number of carboxylic acids is 1. The van der Waals surface area contributed by atoms with Crippen molar-refractivity contribution in [3.63, 3.8) is 0 Å². The first-order valence-electron chi connectivity index (χ1n) is 39.3. The van der Waals surface area contributed by atoms with E-state index in [4.69, 9.17) is 108 Å². The molecule has 13 aromatic carbocycles. The van der Waals surface area contributed by atoms with Gasteiger partial charge in [-0.15, -0.1) is 0 Å². The van der Waals surface area contributed by atoms with Crippen LogP contribution >= 0.6 is 81.2 Å². The van der Waals surface area contributed by atoms with Gasteiger partial charge in [0.05, 0.1) is 32.7 Å². The molecule has 0 atom stereocenters. The molecule has 2 heterocycles. The Balaban J connectivity index is 0.000000216. The van der Waals surface area contributed by atoms with Crippen molar-refractivity contribution in [3.8, 4) is 11.5 Å². The van der Waals surface area contributed by atoms with E-state index in [2.05, 4.69) is 62.3 Å². The highest BCUT2D eigenvalue weighted by atomic mass is 35.5. The van der Waals surface area contributed by atoms with Crippen LogP contribution in [0, 0.1) is 30.3 Å². The van der Waals surface area contributed by atoms with Gasteiger partial charge < -0.3 is 63.7 Å². The highest BCUT2D eigenvalue weighted by molar-refractivity contribution is 6.67. The van der Waals surface area contributed by atoms with E-state index in [0.717, 1.165) is 23.3 Å². The Hall–Kier alpha value is -16.9. The van der Waals surface area contributed by atoms with Crippen LogP contribution in [0.4, 0.5) is 76.9 Å². The number of non-ortho nitro benzene ring substituents is 3. The summed E-state index contributed by atoms with van der Waals surface area (Å²) >= 11 is 39.1. The van der Waals surface area contributed by atoms with Gasteiger partial charge >= 0.3 is 23.5 Å². The normalized spacial score (nSPS) is 9.75. The fourth-order valence-electron chi connectivity index (χ4n) is 10.2. The number of benzene rings is 13. The van der Waals surface area contributed by atoms with Gasteiger partial charge in [0.15, 0.2) is 0 Å². The summed E-state index contributed by atoms with van der Waals surface area (Å²) in [5.41, 5.74) is 24.0. The first-order chi connectivity index (χ1) is 65.6. The fourth-order valence-corrected chi connectivity index (χ4v) is 11.4. The number of nitrogens with one attached hydrogen (secondary N) is 9. The molecule has 0 aliphatic heterocycles. The lowest BCUT2D eigenvalue weighted by atomic mass is 10.2. The third-order valence-corrected chi connectivity index (χ3v) is 18.3. The minimum Gasteiger partial charge on any atom is -0.478 e. The van der Waals surface area contributed by atoms with Crippen LogP contribution in [-0.2, 0) is 13.1 Å². The van der Waals surface area contributed by atoms with Crippen LogP contribution in [0.5, 0.6) is 11.5 Å². The number of para-hydroxylation sites is 2. The molecule has 0 fully saturated rings. The van der Waals surface area contributed by atoms with E-state index in [1.54, 1.807) is 261 Å². The molecule has 15 aromatic rings. The maximum atomic E-state index is 12.2. The summed E-state index contributed by atoms with van der Waals surface area (Å²) in [7, 11) is 0. The lowest BCUT2D eigenvalue weighted by molar-refractivity contribution is -0.385. The largest absolute Gasteiger partial charge is 0.478 e. The Kier molecular flexibility index (Phi) is 44.9. The van der Waals surface area contributed by atoms with Crippen LogP contribution in [0.15, 0.2) is 352 Å². The molecule has 42 heteroatoms. The van der Waals surface area contributed by atoms with E-state index in [1.165, 1.54) is 60.7 Å². The number of nitrogens with zero attached hydrogens (tertiary/aromatic N) is 5. The molecular formula is C95H78Cl7N17O18. The van der Waals surface area contributed by atoms with Crippen molar-refractivity contribution < 1.29 is 72.5 Å². The van der Waals surface area contributed by atoms with Gasteiger partial charge in [-0.25, -0.2) is 19.2 Å². The number of ether oxygens (including phenoxy) is 2. The number of hydrogen-bond acceptors (Lipinski definition) is 22. The summed E-state index contributed by atoms with van der Waals surface area (Å²) in [6.07, 6.45) is 6.22. The Labute approximate surface area is 815 Å². The number of halogens is 7. The summed E-state index contributed by atoms with van der Waals surface area (Å²) in [6, 6.07) is 86.6. The molecule has 0 bridgehead atoms. The second-order valence-corrected chi connectivity index (χ2v) is 29.7. The minimum atomic E-state index is -1.09. The predicted octanol–water partition coefficient (Wildman–Crippen LogP) is 23.0. The number of carboxylic acid groups (broad SMARTS) is 1. The maximum Gasteiger partial charge on any atom is 0.417 e. The highest BCUT2D eigenvalue weighted by Gasteiger charge is 2.16. The van der Waals surface area contributed by atoms with Gasteiger partial charge in [-0.3, -0.25) is 69.8 Å². The zero-order chi connectivity index (χ0) is 99.6. The molecule has 0 unspecified atom stereocenters. The number of nitrogens with two attached hydrogens (primary N) is 3. The van der Waals surface area contributed by atoms with E-state index < -0.39 is 37.5 Å². The number of carbonyl (C=O) groups is 9. The highest BCUT2D eigenvalue weighted by Crippen LogP contribution is 2.25. The first kappa shape index (κ1) is 107. The van der Waals surface area contributed by atoms with E-state index >= 15 is 0 Å². The third kappa shape index (κ3) is 41.6. The lowest BCUT2D eigenvalue weighted by Crippen LogP contribution is -2.28. The summed E-state index contributed by atoms with van der Waals surface area (Å²) in [4.78, 5) is 132. The number of carbonyl (C=O) groups excluding carboxylic acids is 8. The monoisotopic (exact) mass is 1990 g/mol. The van der Waals surface area contributed by atoms with Crippen molar-refractivity contribution in [2.75, 3.05) is 43.4 Å². The molecule has 0 radical (unpaired) electrons. The molecule has 7 amide bonds. The molecular weight excluding hydrogens is 1920 g/mol. The van der Waals surface area contributed by atoms with Crippen molar-refractivity contribution in [2.24, 2.45) is 5.73 Å². The van der Waals surface area contributed by atoms with E-state index in [9.17, 15) is 73.5 Å². The molecule has 0 aliphatic carbocycles. The Bertz CT molecular complexity index is 6350. The average Bonchev–Trinajstić information content (AvgIpc) is 1.08. The van der Waals surface area contributed by atoms with Gasteiger partial charge in [0, 0.05) is 183 Å². The number of rotatable bonds is 20. The lowest BCUT2D eigenvalue weighted by Gasteiger charge is -2.08. The standard InChI is InChI=1S/C20H15ClN2O3.C18H16ClN5O2.C13H9ClN2O3.C13H11ClN2O.C7H4ClNO3.C7H5ClO2.C7H5NO4.C6H6ClN.C4H7N3/c21-15-5-4-6-17(13-15)22-19(24)14-9-11-16(12-10-14)23-20(25)26-18-7-2-1-3-8-18;19-14-2-1-3-16(8-14)23-17(25)13-4-6-15(7-5-13)24-18(26)20-9-12-10-21-22-11-12;14-10-2-1-3-11(8-10)15-13(17)9-4-6-12(7-5-9)16(18)19;14-10-2-1-3-12(8-10)16-13(17)9-4-6-11(15)7-5-9;8-7(10)5-1-3-6(4-2-5)9(11)12;8-7(9)10-6-4-2-1-3-5-6;9-7(10)5-1-3-6(4-2-5)8(11)12;7-5-2-1-3-6(8)4-5;5-1-4-2-6-7-3-4/h1-13H,(H,22,24)(H,23,25);1-8,10-11H,9H2,(H,21,22)(H,23,25)(H2,20,24,26);1-8H,(H,15,17);1-8H,15H2,(H,16,17);1-4H;1-5H;1-4H,(H,9,10);1-4H,8H2;2-3H,1,5H2,(H,6,7). The van der Waals surface area contributed by atoms with Crippen molar-refractivity contribution in [1.29, 1.82) is 0 Å². The molecule has 0 saturated carbocycles. The van der Waals surface area contributed by atoms with Crippen LogP contribution in [0.2, 0.25) is 25.1 Å². The zero-order valence-electron chi connectivity index (χ0n) is 70.9. The van der Waals surface area contributed by atoms with Crippen molar-refractivity contribution in [1.82, 2.24) is 25.7 Å². The summed E-state index contributed by atoms with van der Waals surface area (Å²) in [6.45, 7) is 0.930. The number of aromatic carboxylic acids is 1. The molecule has 700 valence electrons.